The molecule has 0 unspecified atom stereocenters. The molecule has 0 spiro atoms. The third-order valence-electron chi connectivity index (χ3n) is 4.82. The van der Waals surface area contributed by atoms with E-state index < -0.39 is 5.60 Å². The first kappa shape index (κ1) is 16.0. The van der Waals surface area contributed by atoms with Gasteiger partial charge >= 0.3 is 0 Å². The van der Waals surface area contributed by atoms with Crippen LogP contribution in [0.1, 0.15) is 30.4 Å². The molecule has 1 heterocycles. The van der Waals surface area contributed by atoms with Crippen molar-refractivity contribution in [1.29, 1.82) is 0 Å². The van der Waals surface area contributed by atoms with Crippen LogP contribution in [0.4, 0.5) is 0 Å². The van der Waals surface area contributed by atoms with Gasteiger partial charge in [-0.1, -0.05) is 42.2 Å². The number of benzene rings is 2. The van der Waals surface area contributed by atoms with Gasteiger partial charge in [-0.2, -0.15) is 0 Å². The molecule has 2 atom stereocenters. The van der Waals surface area contributed by atoms with Gasteiger partial charge < -0.3 is 19.9 Å². The summed E-state index contributed by atoms with van der Waals surface area (Å²) in [5, 5.41) is 14.5. The molecule has 0 amide bonds. The van der Waals surface area contributed by atoms with E-state index >= 15 is 0 Å². The SMILES string of the molecule is O[C@@]1(C#Cc2ccc3c(c2)OCO3)CCC[C@H]1NCc1ccccc1. The molecule has 2 aromatic rings. The van der Waals surface area contributed by atoms with E-state index in [1.807, 2.05) is 36.4 Å². The van der Waals surface area contributed by atoms with E-state index in [9.17, 15) is 5.11 Å². The second-order valence-electron chi connectivity index (χ2n) is 6.55. The molecule has 0 saturated heterocycles. The Morgan fingerprint density at radius 3 is 2.84 bits per heavy atom. The Kier molecular flexibility index (Phi) is 4.35. The van der Waals surface area contributed by atoms with E-state index in [2.05, 4.69) is 29.3 Å². The molecular weight excluding hydrogens is 314 g/mol. The van der Waals surface area contributed by atoms with Crippen LogP contribution in [0.25, 0.3) is 0 Å². The highest BCUT2D eigenvalue weighted by molar-refractivity contribution is 5.50. The number of aliphatic hydroxyl groups is 1. The molecule has 0 bridgehead atoms. The Hall–Kier alpha value is -2.48. The number of fused-ring (bicyclic) bond motifs is 1. The van der Waals surface area contributed by atoms with Crippen LogP contribution in [0.3, 0.4) is 0 Å². The van der Waals surface area contributed by atoms with E-state index in [4.69, 9.17) is 9.47 Å². The molecule has 4 heteroatoms. The first-order valence-electron chi connectivity index (χ1n) is 8.65. The number of hydrogen-bond donors (Lipinski definition) is 2. The van der Waals surface area contributed by atoms with Crippen molar-refractivity contribution in [2.45, 2.75) is 37.5 Å². The van der Waals surface area contributed by atoms with E-state index in [1.54, 1.807) is 0 Å². The molecule has 4 nitrogen and oxygen atoms in total. The van der Waals surface area contributed by atoms with Crippen molar-refractivity contribution in [2.75, 3.05) is 6.79 Å². The maximum atomic E-state index is 11.0. The quantitative estimate of drug-likeness (QED) is 0.847. The van der Waals surface area contributed by atoms with Gasteiger partial charge in [0.2, 0.25) is 6.79 Å². The predicted molar refractivity (Wildman–Crippen MR) is 95.3 cm³/mol. The van der Waals surface area contributed by atoms with E-state index in [0.717, 1.165) is 30.7 Å². The molecule has 1 aliphatic heterocycles. The van der Waals surface area contributed by atoms with Crippen LogP contribution in [0.2, 0.25) is 0 Å². The summed E-state index contributed by atoms with van der Waals surface area (Å²) < 4.78 is 10.7. The lowest BCUT2D eigenvalue weighted by molar-refractivity contribution is 0.0782. The Bertz CT molecular complexity index is 809. The first-order valence-corrected chi connectivity index (χ1v) is 8.65. The molecule has 1 fully saturated rings. The van der Waals surface area contributed by atoms with Crippen molar-refractivity contribution in [3.8, 4) is 23.3 Å². The number of ether oxygens (including phenoxy) is 2. The minimum absolute atomic E-state index is 0.0192. The molecule has 128 valence electrons. The molecule has 1 aliphatic carbocycles. The highest BCUT2D eigenvalue weighted by Crippen LogP contribution is 2.33. The van der Waals surface area contributed by atoms with Gasteiger partial charge in [0.05, 0.1) is 0 Å². The summed E-state index contributed by atoms with van der Waals surface area (Å²) in [5.41, 5.74) is 1.04. The van der Waals surface area contributed by atoms with Crippen molar-refractivity contribution in [2.24, 2.45) is 0 Å². The first-order chi connectivity index (χ1) is 12.2. The minimum Gasteiger partial charge on any atom is -0.454 e. The summed E-state index contributed by atoms with van der Waals surface area (Å²) in [4.78, 5) is 0. The van der Waals surface area contributed by atoms with Gasteiger partial charge in [-0.15, -0.1) is 0 Å². The monoisotopic (exact) mass is 335 g/mol. The molecule has 1 saturated carbocycles. The summed E-state index contributed by atoms with van der Waals surface area (Å²) in [6, 6.07) is 15.8. The van der Waals surface area contributed by atoms with Gasteiger partial charge in [-0.25, -0.2) is 0 Å². The van der Waals surface area contributed by atoms with E-state index in [1.165, 1.54) is 5.56 Å². The van der Waals surface area contributed by atoms with Crippen molar-refractivity contribution < 1.29 is 14.6 Å². The summed E-state index contributed by atoms with van der Waals surface area (Å²) in [7, 11) is 0. The van der Waals surface area contributed by atoms with Gasteiger partial charge in [-0.05, 0) is 43.0 Å². The van der Waals surface area contributed by atoms with E-state index in [0.29, 0.717) is 12.2 Å². The van der Waals surface area contributed by atoms with Crippen molar-refractivity contribution in [3.63, 3.8) is 0 Å². The fraction of sp³-hybridized carbons (Fsp3) is 0.333. The molecular formula is C21H21NO3. The predicted octanol–water partition coefficient (Wildman–Crippen LogP) is 2.84. The van der Waals surface area contributed by atoms with Gasteiger partial charge in [0.1, 0.15) is 5.60 Å². The lowest BCUT2D eigenvalue weighted by Crippen LogP contribution is -2.45. The molecule has 0 radical (unpaired) electrons. The third-order valence-corrected chi connectivity index (χ3v) is 4.82. The number of hydrogen-bond acceptors (Lipinski definition) is 4. The average molecular weight is 335 g/mol. The van der Waals surface area contributed by atoms with Crippen LogP contribution in [-0.2, 0) is 6.54 Å². The van der Waals surface area contributed by atoms with Crippen molar-refractivity contribution >= 4 is 0 Å². The van der Waals surface area contributed by atoms with Crippen molar-refractivity contribution in [3.05, 3.63) is 59.7 Å². The highest BCUT2D eigenvalue weighted by atomic mass is 16.7. The molecule has 2 aromatic carbocycles. The summed E-state index contributed by atoms with van der Waals surface area (Å²) in [6.07, 6.45) is 2.59. The molecule has 25 heavy (non-hydrogen) atoms. The fourth-order valence-electron chi connectivity index (χ4n) is 3.40. The van der Waals surface area contributed by atoms with Gasteiger partial charge in [0.25, 0.3) is 0 Å². The second kappa shape index (κ2) is 6.79. The topological polar surface area (TPSA) is 50.7 Å². The summed E-state index contributed by atoms with van der Waals surface area (Å²) in [6.45, 7) is 0.987. The molecule has 0 aromatic heterocycles. The maximum absolute atomic E-state index is 11.0. The van der Waals surface area contributed by atoms with Crippen LogP contribution in [0.5, 0.6) is 11.5 Å². The van der Waals surface area contributed by atoms with Gasteiger partial charge in [0.15, 0.2) is 11.5 Å². The van der Waals surface area contributed by atoms with Crippen molar-refractivity contribution in [1.82, 2.24) is 5.32 Å². The Morgan fingerprint density at radius 2 is 1.96 bits per heavy atom. The molecule has 2 N–H and O–H groups in total. The Balaban J connectivity index is 1.47. The Morgan fingerprint density at radius 1 is 1.12 bits per heavy atom. The average Bonchev–Trinajstić information content (AvgIpc) is 3.25. The fourth-order valence-corrected chi connectivity index (χ4v) is 3.40. The minimum atomic E-state index is -0.995. The number of nitrogens with one attached hydrogen (secondary N) is 1. The molecule has 2 aliphatic rings. The van der Waals surface area contributed by atoms with Gasteiger partial charge in [-0.3, -0.25) is 0 Å². The highest BCUT2D eigenvalue weighted by Gasteiger charge is 2.39. The smallest absolute Gasteiger partial charge is 0.231 e. The zero-order valence-corrected chi connectivity index (χ0v) is 14.0. The standard InChI is InChI=1S/C21H21NO3/c23-21(12-10-16-8-9-18-19(13-16)25-15-24-18)11-4-7-20(21)22-14-17-5-2-1-3-6-17/h1-3,5-6,8-9,13,20,22-23H,4,7,11,14-15H2/t20-,21-/m1/s1. The van der Waals surface area contributed by atoms with Gasteiger partial charge in [0, 0.05) is 18.2 Å². The van der Waals surface area contributed by atoms with Crippen LogP contribution < -0.4 is 14.8 Å². The summed E-state index contributed by atoms with van der Waals surface area (Å²) >= 11 is 0. The third kappa shape index (κ3) is 3.48. The van der Waals surface area contributed by atoms with E-state index in [-0.39, 0.29) is 12.8 Å². The van der Waals surface area contributed by atoms with Crippen LogP contribution in [0, 0.1) is 11.8 Å². The summed E-state index contributed by atoms with van der Waals surface area (Å²) in [5.74, 6) is 7.66. The second-order valence-corrected chi connectivity index (χ2v) is 6.55. The largest absolute Gasteiger partial charge is 0.454 e. The van der Waals surface area contributed by atoms with Crippen LogP contribution in [-0.4, -0.2) is 23.5 Å². The number of rotatable bonds is 3. The molecule has 4 rings (SSSR count). The Labute approximate surface area is 147 Å². The van der Waals surface area contributed by atoms with Crippen LogP contribution in [0.15, 0.2) is 48.5 Å². The maximum Gasteiger partial charge on any atom is 0.231 e. The zero-order chi connectivity index (χ0) is 17.1. The zero-order valence-electron chi connectivity index (χ0n) is 14.0. The normalized spacial score (nSPS) is 24.0. The van der Waals surface area contributed by atoms with Crippen LogP contribution >= 0.6 is 0 Å². The lowest BCUT2D eigenvalue weighted by Gasteiger charge is -2.25. The lowest BCUT2D eigenvalue weighted by atomic mass is 9.97.